The third kappa shape index (κ3) is 5.87. The van der Waals surface area contributed by atoms with Gasteiger partial charge in [-0.1, -0.05) is 59.7 Å². The molecule has 0 saturated carbocycles. The van der Waals surface area contributed by atoms with Crippen LogP contribution in [-0.4, -0.2) is 46.2 Å². The molecule has 1 N–H and O–H groups in total. The quantitative estimate of drug-likeness (QED) is 0.792. The van der Waals surface area contributed by atoms with E-state index >= 15 is 0 Å². The van der Waals surface area contributed by atoms with E-state index < -0.39 is 10.0 Å². The second kappa shape index (κ2) is 8.97. The number of benzene rings is 2. The zero-order valence-corrected chi connectivity index (χ0v) is 16.8. The van der Waals surface area contributed by atoms with Gasteiger partial charge in [-0.2, -0.15) is 0 Å². The average Bonchev–Trinajstić information content (AvgIpc) is 2.64. The van der Waals surface area contributed by atoms with Gasteiger partial charge in [-0.15, -0.1) is 0 Å². The van der Waals surface area contributed by atoms with Crippen molar-refractivity contribution >= 4 is 10.0 Å². The first kappa shape index (κ1) is 20.0. The molecule has 0 spiro atoms. The largest absolute Gasteiger partial charge is 0.379 e. The smallest absolute Gasteiger partial charge is 0.215 e. The molecule has 0 amide bonds. The molecule has 1 saturated heterocycles. The minimum atomic E-state index is -3.41. The van der Waals surface area contributed by atoms with Crippen molar-refractivity contribution < 1.29 is 13.2 Å². The Kier molecular flexibility index (Phi) is 6.65. The van der Waals surface area contributed by atoms with Gasteiger partial charge in [0.25, 0.3) is 0 Å². The van der Waals surface area contributed by atoms with Crippen LogP contribution in [0.1, 0.15) is 28.3 Å². The molecule has 6 heteroatoms. The lowest BCUT2D eigenvalue weighted by atomic mass is 10.0. The van der Waals surface area contributed by atoms with Crippen LogP contribution in [0.3, 0.4) is 0 Å². The zero-order valence-electron chi connectivity index (χ0n) is 16.0. The van der Waals surface area contributed by atoms with Crippen molar-refractivity contribution in [2.45, 2.75) is 25.6 Å². The summed E-state index contributed by atoms with van der Waals surface area (Å²) >= 11 is 0. The van der Waals surface area contributed by atoms with E-state index in [4.69, 9.17) is 4.74 Å². The van der Waals surface area contributed by atoms with E-state index in [0.29, 0.717) is 19.8 Å². The Labute approximate surface area is 162 Å². The number of hydrogen-bond donors (Lipinski definition) is 1. The summed E-state index contributed by atoms with van der Waals surface area (Å²) in [4.78, 5) is 2.29. The normalized spacial score (nSPS) is 17.0. The maximum Gasteiger partial charge on any atom is 0.215 e. The summed E-state index contributed by atoms with van der Waals surface area (Å²) in [6.07, 6.45) is 0. The lowest BCUT2D eigenvalue weighted by molar-refractivity contribution is 0.0172. The molecule has 1 atom stereocenters. The Hall–Kier alpha value is -1.73. The molecular formula is C21H28N2O3S. The molecule has 1 aliphatic heterocycles. The van der Waals surface area contributed by atoms with Gasteiger partial charge in [0.2, 0.25) is 10.0 Å². The first-order valence-corrected chi connectivity index (χ1v) is 11.0. The van der Waals surface area contributed by atoms with Crippen LogP contribution in [0.25, 0.3) is 0 Å². The topological polar surface area (TPSA) is 58.6 Å². The van der Waals surface area contributed by atoms with Gasteiger partial charge >= 0.3 is 0 Å². The van der Waals surface area contributed by atoms with Gasteiger partial charge in [0, 0.05) is 25.7 Å². The fourth-order valence-electron chi connectivity index (χ4n) is 3.41. The summed E-state index contributed by atoms with van der Waals surface area (Å²) in [5.74, 6) is -0.00158. The van der Waals surface area contributed by atoms with Crippen LogP contribution in [0.2, 0.25) is 0 Å². The number of sulfonamides is 1. The number of rotatable bonds is 7. The van der Waals surface area contributed by atoms with Crippen LogP contribution in [0, 0.1) is 13.8 Å². The highest BCUT2D eigenvalue weighted by molar-refractivity contribution is 7.88. The fourth-order valence-corrected chi connectivity index (χ4v) is 4.55. The SMILES string of the molecule is Cc1ccc(C(CNS(=O)(=O)Cc2cccc(C)c2)N2CCOCC2)cc1. The molecule has 1 fully saturated rings. The monoisotopic (exact) mass is 388 g/mol. The van der Waals surface area contributed by atoms with E-state index in [1.807, 2.05) is 31.2 Å². The van der Waals surface area contributed by atoms with Crippen molar-refractivity contribution in [1.29, 1.82) is 0 Å². The second-order valence-corrected chi connectivity index (χ2v) is 8.98. The molecule has 2 aromatic carbocycles. The van der Waals surface area contributed by atoms with Crippen LogP contribution >= 0.6 is 0 Å². The Bertz CT molecular complexity index is 844. The summed E-state index contributed by atoms with van der Waals surface area (Å²) in [5, 5.41) is 0. The van der Waals surface area contributed by atoms with Crippen LogP contribution < -0.4 is 4.72 Å². The lowest BCUT2D eigenvalue weighted by Crippen LogP contribution is -2.44. The van der Waals surface area contributed by atoms with Gasteiger partial charge in [-0.3, -0.25) is 4.90 Å². The third-order valence-corrected chi connectivity index (χ3v) is 6.20. The fraction of sp³-hybridized carbons (Fsp3) is 0.429. The van der Waals surface area contributed by atoms with Crippen LogP contribution in [0.5, 0.6) is 0 Å². The lowest BCUT2D eigenvalue weighted by Gasteiger charge is -2.35. The van der Waals surface area contributed by atoms with Crippen LogP contribution in [0.4, 0.5) is 0 Å². The summed E-state index contributed by atoms with van der Waals surface area (Å²) in [6, 6.07) is 16.0. The third-order valence-electron chi connectivity index (χ3n) is 4.88. The maximum atomic E-state index is 12.6. The summed E-state index contributed by atoms with van der Waals surface area (Å²) < 4.78 is 33.5. The predicted molar refractivity (Wildman–Crippen MR) is 108 cm³/mol. The summed E-state index contributed by atoms with van der Waals surface area (Å²) in [6.45, 7) is 7.35. The molecule has 0 aromatic heterocycles. The number of nitrogens with one attached hydrogen (secondary N) is 1. The first-order valence-electron chi connectivity index (χ1n) is 9.34. The second-order valence-electron chi connectivity index (χ2n) is 7.17. The Balaban J connectivity index is 1.72. The minimum absolute atomic E-state index is 0.00158. The van der Waals surface area contributed by atoms with Gasteiger partial charge in [0.05, 0.1) is 19.0 Å². The molecular weight excluding hydrogens is 360 g/mol. The number of morpholine rings is 1. The average molecular weight is 389 g/mol. The van der Waals surface area contributed by atoms with Crippen LogP contribution in [0.15, 0.2) is 48.5 Å². The van der Waals surface area contributed by atoms with Gasteiger partial charge < -0.3 is 4.74 Å². The molecule has 0 radical (unpaired) electrons. The van der Waals surface area contributed by atoms with Gasteiger partial charge in [0.15, 0.2) is 0 Å². The number of nitrogens with zero attached hydrogens (tertiary/aromatic N) is 1. The Morgan fingerprint density at radius 2 is 1.74 bits per heavy atom. The van der Waals surface area contributed by atoms with E-state index in [2.05, 4.69) is 40.8 Å². The molecule has 5 nitrogen and oxygen atoms in total. The predicted octanol–water partition coefficient (Wildman–Crippen LogP) is 2.80. The molecule has 3 rings (SSSR count). The molecule has 0 bridgehead atoms. The number of aryl methyl sites for hydroxylation is 2. The van der Waals surface area contributed by atoms with E-state index in [9.17, 15) is 8.42 Å². The summed E-state index contributed by atoms with van der Waals surface area (Å²) in [7, 11) is -3.41. The standard InChI is InChI=1S/C21H28N2O3S/c1-17-6-8-20(9-7-17)21(23-10-12-26-13-11-23)15-22-27(24,25)16-19-5-3-4-18(2)14-19/h3-9,14,21-22H,10-13,15-16H2,1-2H3. The van der Waals surface area contributed by atoms with E-state index in [1.165, 1.54) is 5.56 Å². The van der Waals surface area contributed by atoms with E-state index in [-0.39, 0.29) is 11.8 Å². The maximum absolute atomic E-state index is 12.6. The molecule has 1 heterocycles. The van der Waals surface area contributed by atoms with E-state index in [1.54, 1.807) is 0 Å². The van der Waals surface area contributed by atoms with E-state index in [0.717, 1.165) is 29.8 Å². The highest BCUT2D eigenvalue weighted by Crippen LogP contribution is 2.22. The number of ether oxygens (including phenoxy) is 1. The van der Waals surface area contributed by atoms with Crippen molar-refractivity contribution in [2.24, 2.45) is 0 Å². The zero-order chi connectivity index (χ0) is 19.3. The van der Waals surface area contributed by atoms with Crippen molar-refractivity contribution in [3.05, 3.63) is 70.8 Å². The van der Waals surface area contributed by atoms with Crippen molar-refractivity contribution in [3.63, 3.8) is 0 Å². The first-order chi connectivity index (χ1) is 12.9. The van der Waals surface area contributed by atoms with Crippen molar-refractivity contribution in [2.75, 3.05) is 32.8 Å². The van der Waals surface area contributed by atoms with Gasteiger partial charge in [0.1, 0.15) is 0 Å². The summed E-state index contributed by atoms with van der Waals surface area (Å²) in [5.41, 5.74) is 4.19. The number of hydrogen-bond acceptors (Lipinski definition) is 4. The highest BCUT2D eigenvalue weighted by Gasteiger charge is 2.24. The van der Waals surface area contributed by atoms with Crippen LogP contribution in [-0.2, 0) is 20.5 Å². The van der Waals surface area contributed by atoms with Crippen molar-refractivity contribution in [1.82, 2.24) is 9.62 Å². The highest BCUT2D eigenvalue weighted by atomic mass is 32.2. The molecule has 146 valence electrons. The molecule has 27 heavy (non-hydrogen) atoms. The van der Waals surface area contributed by atoms with Gasteiger partial charge in [-0.05, 0) is 25.0 Å². The van der Waals surface area contributed by atoms with Gasteiger partial charge in [-0.25, -0.2) is 13.1 Å². The molecule has 1 unspecified atom stereocenters. The van der Waals surface area contributed by atoms with Crippen molar-refractivity contribution in [3.8, 4) is 0 Å². The molecule has 2 aromatic rings. The molecule has 1 aliphatic rings. The minimum Gasteiger partial charge on any atom is -0.379 e. The Morgan fingerprint density at radius 1 is 1.04 bits per heavy atom. The Morgan fingerprint density at radius 3 is 2.41 bits per heavy atom. The molecule has 0 aliphatic carbocycles.